The van der Waals surface area contributed by atoms with E-state index in [1.807, 2.05) is 24.3 Å². The molecule has 0 aromatic heterocycles. The topological polar surface area (TPSA) is 12.5 Å². The van der Waals surface area contributed by atoms with Crippen molar-refractivity contribution in [1.29, 1.82) is 0 Å². The number of nitrogens with zero attached hydrogens (tertiary/aromatic N) is 1. The van der Waals surface area contributed by atoms with Gasteiger partial charge in [-0.3, -0.25) is 0 Å². The van der Waals surface area contributed by atoms with Crippen LogP contribution in [0.2, 0.25) is 5.02 Å². The van der Waals surface area contributed by atoms with Crippen molar-refractivity contribution in [2.45, 2.75) is 32.1 Å². The number of rotatable bonds is 9. The van der Waals surface area contributed by atoms with Gasteiger partial charge in [-0.15, -0.1) is 0 Å². The molecule has 0 aliphatic carbocycles. The Balaban J connectivity index is 1.35. The average molecular weight is 390 g/mol. The first-order valence-electron chi connectivity index (χ1n) is 9.98. The summed E-state index contributed by atoms with van der Waals surface area (Å²) in [5, 5.41) is 0.883. The second kappa shape index (κ2) is 10.7. The minimum Gasteiger partial charge on any atom is -0.491 e. The highest BCUT2D eigenvalue weighted by Crippen LogP contribution is 2.24. The standard InChI is InChI=1S/C23H29ClFNO/c24-23-4-2-1-3-21(23)13-17-26-15-11-20(12-16-26)6-5-19-7-9-22(10-8-19)27-18-14-25/h1-4,7-10,20H,5-6,11-18H2. The van der Waals surface area contributed by atoms with E-state index in [9.17, 15) is 4.39 Å². The Labute approximate surface area is 167 Å². The van der Waals surface area contributed by atoms with Crippen LogP contribution in [0.4, 0.5) is 4.39 Å². The summed E-state index contributed by atoms with van der Waals surface area (Å²) in [4.78, 5) is 2.57. The third-order valence-corrected chi connectivity index (χ3v) is 5.84. The molecule has 4 heteroatoms. The van der Waals surface area contributed by atoms with E-state index in [-0.39, 0.29) is 6.61 Å². The largest absolute Gasteiger partial charge is 0.491 e. The maximum absolute atomic E-state index is 12.1. The summed E-state index contributed by atoms with van der Waals surface area (Å²) in [6.45, 7) is 3.15. The number of hydrogen-bond donors (Lipinski definition) is 0. The van der Waals surface area contributed by atoms with Crippen molar-refractivity contribution in [2.75, 3.05) is 32.9 Å². The molecule has 0 radical (unpaired) electrons. The summed E-state index contributed by atoms with van der Waals surface area (Å²) in [6, 6.07) is 16.3. The molecule has 1 heterocycles. The zero-order valence-electron chi connectivity index (χ0n) is 15.9. The van der Waals surface area contributed by atoms with Crippen molar-refractivity contribution >= 4 is 11.6 Å². The van der Waals surface area contributed by atoms with Gasteiger partial charge in [0.1, 0.15) is 19.0 Å². The maximum atomic E-state index is 12.1. The Morgan fingerprint density at radius 1 is 1.00 bits per heavy atom. The maximum Gasteiger partial charge on any atom is 0.123 e. The fraction of sp³-hybridized carbons (Fsp3) is 0.478. The smallest absolute Gasteiger partial charge is 0.123 e. The fourth-order valence-corrected chi connectivity index (χ4v) is 3.99. The highest BCUT2D eigenvalue weighted by molar-refractivity contribution is 6.31. The summed E-state index contributed by atoms with van der Waals surface area (Å²) in [5.41, 5.74) is 2.59. The van der Waals surface area contributed by atoms with E-state index in [4.69, 9.17) is 16.3 Å². The predicted octanol–water partition coefficient (Wildman–Crippen LogP) is 5.58. The number of aryl methyl sites for hydroxylation is 1. The minimum absolute atomic E-state index is 0.133. The van der Waals surface area contributed by atoms with Gasteiger partial charge in [0, 0.05) is 11.6 Å². The molecule has 2 aromatic rings. The third kappa shape index (κ3) is 6.51. The van der Waals surface area contributed by atoms with Crippen LogP contribution >= 0.6 is 11.6 Å². The Morgan fingerprint density at radius 2 is 1.74 bits per heavy atom. The monoisotopic (exact) mass is 389 g/mol. The van der Waals surface area contributed by atoms with Crippen LogP contribution in [0.1, 0.15) is 30.4 Å². The molecule has 0 spiro atoms. The van der Waals surface area contributed by atoms with Gasteiger partial charge in [-0.05, 0) is 80.4 Å². The van der Waals surface area contributed by atoms with Gasteiger partial charge >= 0.3 is 0 Å². The summed E-state index contributed by atoms with van der Waals surface area (Å²) in [7, 11) is 0. The number of alkyl halides is 1. The van der Waals surface area contributed by atoms with Gasteiger partial charge < -0.3 is 9.64 Å². The molecule has 0 saturated carbocycles. The lowest BCUT2D eigenvalue weighted by atomic mass is 9.90. The quantitative estimate of drug-likeness (QED) is 0.555. The predicted molar refractivity (Wildman–Crippen MR) is 111 cm³/mol. The number of halogens is 2. The molecule has 0 N–H and O–H groups in total. The van der Waals surface area contributed by atoms with Crippen molar-refractivity contribution < 1.29 is 9.13 Å². The molecule has 146 valence electrons. The zero-order valence-corrected chi connectivity index (χ0v) is 16.6. The van der Waals surface area contributed by atoms with Crippen LogP contribution in [0.3, 0.4) is 0 Å². The van der Waals surface area contributed by atoms with Gasteiger partial charge in [0.15, 0.2) is 0 Å². The molecule has 1 aliphatic rings. The van der Waals surface area contributed by atoms with Gasteiger partial charge in [0.05, 0.1) is 0 Å². The van der Waals surface area contributed by atoms with Crippen LogP contribution in [-0.2, 0) is 12.8 Å². The lowest BCUT2D eigenvalue weighted by Crippen LogP contribution is -2.35. The van der Waals surface area contributed by atoms with Crippen molar-refractivity contribution in [1.82, 2.24) is 4.90 Å². The molecule has 1 aliphatic heterocycles. The molecular weight excluding hydrogens is 361 g/mol. The van der Waals surface area contributed by atoms with E-state index in [1.54, 1.807) is 0 Å². The van der Waals surface area contributed by atoms with Crippen LogP contribution < -0.4 is 4.74 Å². The van der Waals surface area contributed by atoms with Crippen molar-refractivity contribution in [2.24, 2.45) is 5.92 Å². The van der Waals surface area contributed by atoms with E-state index >= 15 is 0 Å². The van der Waals surface area contributed by atoms with Gasteiger partial charge in [0.25, 0.3) is 0 Å². The molecule has 0 atom stereocenters. The molecule has 1 saturated heterocycles. The normalized spacial score (nSPS) is 15.8. The van der Waals surface area contributed by atoms with Crippen LogP contribution in [0.25, 0.3) is 0 Å². The first kappa shape index (κ1) is 20.2. The van der Waals surface area contributed by atoms with E-state index in [1.165, 1.54) is 43.5 Å². The Kier molecular flexibility index (Phi) is 7.97. The highest BCUT2D eigenvalue weighted by Gasteiger charge is 2.19. The van der Waals surface area contributed by atoms with E-state index < -0.39 is 6.67 Å². The van der Waals surface area contributed by atoms with Gasteiger partial charge in [-0.25, -0.2) is 4.39 Å². The first-order chi connectivity index (χ1) is 13.2. The van der Waals surface area contributed by atoms with Crippen molar-refractivity contribution in [3.05, 3.63) is 64.7 Å². The average Bonchev–Trinajstić information content (AvgIpc) is 2.72. The highest BCUT2D eigenvalue weighted by atomic mass is 35.5. The minimum atomic E-state index is -0.446. The zero-order chi connectivity index (χ0) is 18.9. The molecule has 0 unspecified atom stereocenters. The van der Waals surface area contributed by atoms with E-state index in [0.29, 0.717) is 0 Å². The number of likely N-dealkylation sites (tertiary alicyclic amines) is 1. The Morgan fingerprint density at radius 3 is 2.44 bits per heavy atom. The Bertz CT molecular complexity index is 683. The molecule has 27 heavy (non-hydrogen) atoms. The molecule has 3 rings (SSSR count). The molecule has 2 aromatic carbocycles. The van der Waals surface area contributed by atoms with E-state index in [2.05, 4.69) is 29.2 Å². The van der Waals surface area contributed by atoms with Crippen molar-refractivity contribution in [3.8, 4) is 5.75 Å². The molecule has 0 bridgehead atoms. The number of benzene rings is 2. The van der Waals surface area contributed by atoms with E-state index in [0.717, 1.165) is 36.1 Å². The number of ether oxygens (including phenoxy) is 1. The SMILES string of the molecule is FCCOc1ccc(CCC2CCN(CCc3ccccc3Cl)CC2)cc1. The van der Waals surface area contributed by atoms with Crippen LogP contribution in [0.15, 0.2) is 48.5 Å². The first-order valence-corrected chi connectivity index (χ1v) is 10.4. The number of piperidine rings is 1. The van der Waals surface area contributed by atoms with Crippen LogP contribution in [0, 0.1) is 5.92 Å². The molecular formula is C23H29ClFNO. The number of hydrogen-bond acceptors (Lipinski definition) is 2. The Hall–Kier alpha value is -1.58. The van der Waals surface area contributed by atoms with Crippen LogP contribution in [-0.4, -0.2) is 37.8 Å². The van der Waals surface area contributed by atoms with Crippen molar-refractivity contribution in [3.63, 3.8) is 0 Å². The van der Waals surface area contributed by atoms with Gasteiger partial charge in [0.2, 0.25) is 0 Å². The second-order valence-corrected chi connectivity index (χ2v) is 7.75. The second-order valence-electron chi connectivity index (χ2n) is 7.35. The third-order valence-electron chi connectivity index (χ3n) is 5.47. The summed E-state index contributed by atoms with van der Waals surface area (Å²) in [5.74, 6) is 1.56. The van der Waals surface area contributed by atoms with Crippen LogP contribution in [0.5, 0.6) is 5.75 Å². The lowest BCUT2D eigenvalue weighted by molar-refractivity contribution is 0.181. The lowest BCUT2D eigenvalue weighted by Gasteiger charge is -2.32. The summed E-state index contributed by atoms with van der Waals surface area (Å²) in [6.07, 6.45) is 5.93. The van der Waals surface area contributed by atoms with Gasteiger partial charge in [-0.1, -0.05) is 41.9 Å². The summed E-state index contributed by atoms with van der Waals surface area (Å²) >= 11 is 6.26. The molecule has 1 fully saturated rings. The van der Waals surface area contributed by atoms with Gasteiger partial charge in [-0.2, -0.15) is 0 Å². The molecule has 0 amide bonds. The summed E-state index contributed by atoms with van der Waals surface area (Å²) < 4.78 is 17.4. The fourth-order valence-electron chi connectivity index (χ4n) is 3.76. The molecule has 2 nitrogen and oxygen atoms in total.